The van der Waals surface area contributed by atoms with Crippen molar-refractivity contribution in [1.82, 2.24) is 10.2 Å². The number of hydrogen-bond donors (Lipinski definition) is 3. The van der Waals surface area contributed by atoms with Gasteiger partial charge in [-0.3, -0.25) is 14.5 Å². The Labute approximate surface area is 214 Å². The third-order valence-electron chi connectivity index (χ3n) is 5.55. The van der Waals surface area contributed by atoms with Crippen LogP contribution < -0.4 is 11.1 Å². The summed E-state index contributed by atoms with van der Waals surface area (Å²) in [5.41, 5.74) is 6.81. The number of carbonyl (C=O) groups excluding carboxylic acids is 2. The number of thiophene rings is 1. The Bertz CT molecular complexity index is 956. The van der Waals surface area contributed by atoms with Gasteiger partial charge in [0.25, 0.3) is 0 Å². The number of nitrogens with two attached hydrogens (primary N) is 1. The number of phenols is 1. The van der Waals surface area contributed by atoms with Gasteiger partial charge in [-0.2, -0.15) is 0 Å². The van der Waals surface area contributed by atoms with E-state index in [0.717, 1.165) is 15.6 Å². The molecule has 0 aliphatic carbocycles. The second-order valence-corrected chi connectivity index (χ2v) is 9.99. The summed E-state index contributed by atoms with van der Waals surface area (Å²) in [6, 6.07) is 6.11. The van der Waals surface area contributed by atoms with Crippen LogP contribution in [0.4, 0.5) is 0 Å². The van der Waals surface area contributed by atoms with Crippen molar-refractivity contribution in [3.63, 3.8) is 0 Å². The predicted molar refractivity (Wildman–Crippen MR) is 134 cm³/mol. The first-order valence-corrected chi connectivity index (χ1v) is 11.3. The minimum atomic E-state index is -0.540. The number of rotatable bonds is 7. The minimum absolute atomic E-state index is 0. The fourth-order valence-corrected chi connectivity index (χ4v) is 5.47. The fraction of sp³-hybridized carbons (Fsp3) is 0.429. The highest BCUT2D eigenvalue weighted by atomic mass is 35.5. The Hall–Kier alpha value is -1.22. The van der Waals surface area contributed by atoms with Gasteiger partial charge in [0.15, 0.2) is 0 Å². The minimum Gasteiger partial charge on any atom is -0.507 e. The normalized spacial score (nSPS) is 19.0. The van der Waals surface area contributed by atoms with Gasteiger partial charge in [0.2, 0.25) is 11.8 Å². The highest BCUT2D eigenvalue weighted by Crippen LogP contribution is 2.31. The van der Waals surface area contributed by atoms with Crippen molar-refractivity contribution >= 4 is 71.2 Å². The second kappa shape index (κ2) is 12.3. The highest BCUT2D eigenvalue weighted by molar-refractivity contribution is 7.16. The first-order valence-electron chi connectivity index (χ1n) is 9.70. The Kier molecular flexibility index (Phi) is 11.1. The lowest BCUT2D eigenvalue weighted by molar-refractivity contribution is -0.129. The quantitative estimate of drug-likeness (QED) is 0.485. The number of primary amides is 1. The average molecular weight is 543 g/mol. The van der Waals surface area contributed by atoms with E-state index in [1.54, 1.807) is 26.0 Å². The molecule has 1 fully saturated rings. The Morgan fingerprint density at radius 3 is 2.59 bits per heavy atom. The van der Waals surface area contributed by atoms with Crippen LogP contribution in [0.2, 0.25) is 9.36 Å². The lowest BCUT2D eigenvalue weighted by Crippen LogP contribution is -2.51. The van der Waals surface area contributed by atoms with Crippen LogP contribution in [0, 0.1) is 12.8 Å². The van der Waals surface area contributed by atoms with Crippen molar-refractivity contribution in [2.45, 2.75) is 45.3 Å². The SMILES string of the molecule is Cc1cc(Cl)cc(CNC(=O)[C@H](C)N2CC(Cc3ccc(Cl)s3)CC2C(N)=O)c1O.Cl.Cl. The van der Waals surface area contributed by atoms with Crippen LogP contribution in [0.3, 0.4) is 0 Å². The monoisotopic (exact) mass is 541 g/mol. The molecule has 0 spiro atoms. The smallest absolute Gasteiger partial charge is 0.237 e. The molecular formula is C21H27Cl4N3O3S. The maximum atomic E-state index is 12.8. The lowest BCUT2D eigenvalue weighted by atomic mass is 10.0. The van der Waals surface area contributed by atoms with E-state index in [0.29, 0.717) is 29.1 Å². The van der Waals surface area contributed by atoms with Gasteiger partial charge in [0, 0.05) is 28.6 Å². The van der Waals surface area contributed by atoms with Gasteiger partial charge in [-0.15, -0.1) is 36.2 Å². The number of aryl methyl sites for hydroxylation is 1. The molecule has 1 aliphatic heterocycles. The molecular weight excluding hydrogens is 516 g/mol. The van der Waals surface area contributed by atoms with E-state index in [4.69, 9.17) is 28.9 Å². The zero-order valence-electron chi connectivity index (χ0n) is 17.6. The van der Waals surface area contributed by atoms with Gasteiger partial charge in [0.05, 0.1) is 16.4 Å². The topological polar surface area (TPSA) is 95.7 Å². The number of nitrogens with zero attached hydrogens (tertiary/aromatic N) is 1. The first-order chi connectivity index (χ1) is 14.2. The van der Waals surface area contributed by atoms with Crippen LogP contribution in [-0.4, -0.2) is 40.4 Å². The summed E-state index contributed by atoms with van der Waals surface area (Å²) in [7, 11) is 0. The molecule has 11 heteroatoms. The summed E-state index contributed by atoms with van der Waals surface area (Å²) in [5, 5.41) is 13.5. The number of likely N-dealkylation sites (tertiary alicyclic amines) is 1. The molecule has 1 aromatic heterocycles. The molecule has 3 atom stereocenters. The van der Waals surface area contributed by atoms with E-state index in [1.165, 1.54) is 11.3 Å². The number of nitrogens with one attached hydrogen (secondary N) is 1. The summed E-state index contributed by atoms with van der Waals surface area (Å²) in [6.45, 7) is 4.25. The van der Waals surface area contributed by atoms with E-state index < -0.39 is 18.0 Å². The number of amides is 2. The Balaban J connectivity index is 0.00000256. The second-order valence-electron chi connectivity index (χ2n) is 7.75. The fourth-order valence-electron chi connectivity index (χ4n) is 3.97. The molecule has 6 nitrogen and oxygen atoms in total. The summed E-state index contributed by atoms with van der Waals surface area (Å²) in [4.78, 5) is 27.8. The zero-order valence-corrected chi connectivity index (χ0v) is 21.6. The van der Waals surface area contributed by atoms with Gasteiger partial charge in [-0.1, -0.05) is 23.2 Å². The van der Waals surface area contributed by atoms with E-state index in [2.05, 4.69) is 5.32 Å². The Morgan fingerprint density at radius 2 is 2.00 bits per heavy atom. The largest absolute Gasteiger partial charge is 0.507 e. The van der Waals surface area contributed by atoms with E-state index in [9.17, 15) is 14.7 Å². The van der Waals surface area contributed by atoms with Crippen LogP contribution in [0.25, 0.3) is 0 Å². The summed E-state index contributed by atoms with van der Waals surface area (Å²) in [5.74, 6) is -0.340. The third kappa shape index (κ3) is 6.89. The summed E-state index contributed by atoms with van der Waals surface area (Å²) in [6.07, 6.45) is 1.40. The number of carbonyl (C=O) groups is 2. The molecule has 0 bridgehead atoms. The van der Waals surface area contributed by atoms with E-state index in [1.807, 2.05) is 17.0 Å². The predicted octanol–water partition coefficient (Wildman–Crippen LogP) is 4.34. The Morgan fingerprint density at radius 1 is 1.31 bits per heavy atom. The molecule has 0 radical (unpaired) electrons. The van der Waals surface area contributed by atoms with Crippen molar-refractivity contribution in [3.05, 3.63) is 49.6 Å². The standard InChI is InChI=1S/C21H25Cl2N3O3S.2ClH/c1-11-5-15(22)8-14(19(11)27)9-25-21(29)12(2)26-10-13(7-17(26)20(24)28)6-16-3-4-18(23)30-16;;/h3-5,8,12-13,17,27H,6-7,9-10H2,1-2H3,(H2,24,28)(H,25,29);2*1H/t12-,13?,17?;;/m0../s1. The molecule has 2 amide bonds. The van der Waals surface area contributed by atoms with Crippen molar-refractivity contribution < 1.29 is 14.7 Å². The molecule has 1 aromatic carbocycles. The summed E-state index contributed by atoms with van der Waals surface area (Å²) >= 11 is 13.6. The number of halogens is 4. The van der Waals surface area contributed by atoms with Crippen LogP contribution in [0.5, 0.6) is 5.75 Å². The number of aromatic hydroxyl groups is 1. The van der Waals surface area contributed by atoms with E-state index >= 15 is 0 Å². The maximum absolute atomic E-state index is 12.8. The van der Waals surface area contributed by atoms with Crippen molar-refractivity contribution in [3.8, 4) is 5.75 Å². The van der Waals surface area contributed by atoms with Crippen molar-refractivity contribution in [2.24, 2.45) is 11.7 Å². The van der Waals surface area contributed by atoms with Crippen molar-refractivity contribution in [1.29, 1.82) is 0 Å². The molecule has 1 aliphatic rings. The zero-order chi connectivity index (χ0) is 22.0. The first kappa shape index (κ1) is 28.8. The lowest BCUT2D eigenvalue weighted by Gasteiger charge is -2.28. The number of benzene rings is 1. The summed E-state index contributed by atoms with van der Waals surface area (Å²) < 4.78 is 0.735. The molecule has 2 unspecified atom stereocenters. The van der Waals surface area contributed by atoms with Crippen LogP contribution in [-0.2, 0) is 22.6 Å². The number of hydrogen-bond acceptors (Lipinski definition) is 5. The maximum Gasteiger partial charge on any atom is 0.237 e. The van der Waals surface area contributed by atoms with Gasteiger partial charge in [-0.05, 0) is 62.4 Å². The van der Waals surface area contributed by atoms with Crippen LogP contribution >= 0.6 is 59.4 Å². The molecule has 3 rings (SSSR count). The third-order valence-corrected chi connectivity index (χ3v) is 7.02. The van der Waals surface area contributed by atoms with Crippen LogP contribution in [0.1, 0.15) is 29.3 Å². The van der Waals surface area contributed by atoms with Gasteiger partial charge < -0.3 is 16.2 Å². The number of phenolic OH excluding ortho intramolecular Hbond substituents is 1. The average Bonchev–Trinajstić information content (AvgIpc) is 3.29. The van der Waals surface area contributed by atoms with Gasteiger partial charge in [-0.25, -0.2) is 0 Å². The molecule has 32 heavy (non-hydrogen) atoms. The van der Waals surface area contributed by atoms with Crippen molar-refractivity contribution in [2.75, 3.05) is 6.54 Å². The molecule has 178 valence electrons. The molecule has 4 N–H and O–H groups in total. The highest BCUT2D eigenvalue weighted by Gasteiger charge is 2.40. The molecule has 2 heterocycles. The van der Waals surface area contributed by atoms with E-state index in [-0.39, 0.29) is 48.9 Å². The van der Waals surface area contributed by atoms with Gasteiger partial charge >= 0.3 is 0 Å². The molecule has 2 aromatic rings. The molecule has 1 saturated heterocycles. The molecule has 0 saturated carbocycles. The van der Waals surface area contributed by atoms with Gasteiger partial charge in [0.1, 0.15) is 5.75 Å². The van der Waals surface area contributed by atoms with Crippen LogP contribution in [0.15, 0.2) is 24.3 Å².